The number of para-hydroxylation sites is 1. The molecular weight excluding hydrogens is 370 g/mol. The second-order valence-corrected chi connectivity index (χ2v) is 8.48. The number of hydrogen-bond donors (Lipinski definition) is 1. The van der Waals surface area contributed by atoms with E-state index in [1.165, 1.54) is 11.1 Å². The van der Waals surface area contributed by atoms with Crippen molar-refractivity contribution in [2.45, 2.75) is 31.5 Å². The minimum absolute atomic E-state index is 0.0452. The van der Waals surface area contributed by atoms with Gasteiger partial charge in [-0.25, -0.2) is 0 Å². The van der Waals surface area contributed by atoms with Gasteiger partial charge in [-0.1, -0.05) is 92.7 Å². The van der Waals surface area contributed by atoms with Crippen molar-refractivity contribution in [2.24, 2.45) is 11.8 Å². The Kier molecular flexibility index (Phi) is 5.68. The van der Waals surface area contributed by atoms with Crippen LogP contribution < -0.4 is 4.74 Å². The lowest BCUT2D eigenvalue weighted by molar-refractivity contribution is -0.162. The van der Waals surface area contributed by atoms with E-state index in [1.54, 1.807) is 7.11 Å². The average Bonchev–Trinajstić information content (AvgIpc) is 2.79. The van der Waals surface area contributed by atoms with Gasteiger partial charge in [0.1, 0.15) is 11.4 Å². The lowest BCUT2D eigenvalue weighted by atomic mass is 9.62. The Balaban J connectivity index is 1.93. The van der Waals surface area contributed by atoms with Gasteiger partial charge in [0.15, 0.2) is 0 Å². The number of benzene rings is 3. The van der Waals surface area contributed by atoms with E-state index in [0.29, 0.717) is 0 Å². The Morgan fingerprint density at radius 1 is 0.733 bits per heavy atom. The van der Waals surface area contributed by atoms with Gasteiger partial charge in [-0.2, -0.15) is 0 Å². The first-order valence-electron chi connectivity index (χ1n) is 10.7. The fraction of sp³-hybridized carbons (Fsp3) is 0.333. The number of rotatable bonds is 4. The first-order chi connectivity index (χ1) is 14.5. The predicted octanol–water partition coefficient (Wildman–Crippen LogP) is 5.58. The summed E-state index contributed by atoms with van der Waals surface area (Å²) in [5, 5.41) is 12.5. The molecule has 4 rings (SSSR count). The Morgan fingerprint density at radius 2 is 1.17 bits per heavy atom. The molecule has 1 heterocycles. The average molecular weight is 402 g/mol. The quantitative estimate of drug-likeness (QED) is 0.619. The van der Waals surface area contributed by atoms with Crippen molar-refractivity contribution < 1.29 is 9.84 Å². The minimum Gasteiger partial charge on any atom is -0.496 e. The first kappa shape index (κ1) is 20.6. The summed E-state index contributed by atoms with van der Waals surface area (Å²) in [6, 6.07) is 29.1. The molecule has 0 unspecified atom stereocenters. The number of piperidine rings is 1. The SMILES string of the molecule is COc1ccccc1C1(O)[C@@H](C)[C@@H](c2ccccc2)N(C)[C@H](c2ccccc2)[C@@H]1C. The molecule has 0 spiro atoms. The third kappa shape index (κ3) is 3.23. The van der Waals surface area contributed by atoms with Crippen LogP contribution in [0.15, 0.2) is 84.9 Å². The maximum absolute atomic E-state index is 12.5. The van der Waals surface area contributed by atoms with Gasteiger partial charge in [0.25, 0.3) is 0 Å². The van der Waals surface area contributed by atoms with E-state index in [-0.39, 0.29) is 23.9 Å². The molecule has 1 fully saturated rings. The van der Waals surface area contributed by atoms with Gasteiger partial charge in [-0.15, -0.1) is 0 Å². The standard InChI is InChI=1S/C27H31NO2/c1-19-25(21-13-7-5-8-14-21)28(3)26(22-15-9-6-10-16-22)20(2)27(19,29)23-17-11-12-18-24(23)30-4/h5-20,25-26,29H,1-4H3/t19-,20-,25-,26-/m0/s1. The summed E-state index contributed by atoms with van der Waals surface area (Å²) in [5.74, 6) is 0.647. The topological polar surface area (TPSA) is 32.7 Å². The van der Waals surface area contributed by atoms with Crippen molar-refractivity contribution in [2.75, 3.05) is 14.2 Å². The Morgan fingerprint density at radius 3 is 1.63 bits per heavy atom. The zero-order valence-electron chi connectivity index (χ0n) is 18.2. The Bertz CT molecular complexity index is 919. The first-order valence-corrected chi connectivity index (χ1v) is 10.7. The van der Waals surface area contributed by atoms with Gasteiger partial charge < -0.3 is 9.84 Å². The summed E-state index contributed by atoms with van der Waals surface area (Å²) in [6.45, 7) is 4.33. The van der Waals surface area contributed by atoms with Crippen LogP contribution in [0.4, 0.5) is 0 Å². The molecule has 3 aromatic carbocycles. The molecule has 156 valence electrons. The van der Waals surface area contributed by atoms with Crippen molar-refractivity contribution in [3.05, 3.63) is 102 Å². The van der Waals surface area contributed by atoms with Crippen LogP contribution >= 0.6 is 0 Å². The maximum Gasteiger partial charge on any atom is 0.124 e. The van der Waals surface area contributed by atoms with E-state index in [2.05, 4.69) is 74.3 Å². The van der Waals surface area contributed by atoms with Crippen LogP contribution in [0, 0.1) is 11.8 Å². The highest BCUT2D eigenvalue weighted by Gasteiger charge is 2.55. The number of ether oxygens (including phenoxy) is 1. The zero-order valence-corrected chi connectivity index (χ0v) is 18.2. The molecule has 0 amide bonds. The molecule has 0 aromatic heterocycles. The van der Waals surface area contributed by atoms with Crippen LogP contribution in [0.2, 0.25) is 0 Å². The normalized spacial score (nSPS) is 29.5. The monoisotopic (exact) mass is 401 g/mol. The fourth-order valence-corrected chi connectivity index (χ4v) is 5.59. The van der Waals surface area contributed by atoms with Crippen molar-refractivity contribution in [3.8, 4) is 5.75 Å². The summed E-state index contributed by atoms with van der Waals surface area (Å²) < 4.78 is 5.70. The Labute approximate surface area is 179 Å². The smallest absolute Gasteiger partial charge is 0.124 e. The fourth-order valence-electron chi connectivity index (χ4n) is 5.59. The maximum atomic E-state index is 12.5. The molecule has 3 nitrogen and oxygen atoms in total. The number of aliphatic hydroxyl groups is 1. The van der Waals surface area contributed by atoms with E-state index in [9.17, 15) is 5.11 Å². The van der Waals surface area contributed by atoms with E-state index in [4.69, 9.17) is 4.74 Å². The van der Waals surface area contributed by atoms with Crippen LogP contribution in [-0.2, 0) is 5.60 Å². The van der Waals surface area contributed by atoms with Crippen molar-refractivity contribution >= 4 is 0 Å². The molecular formula is C27H31NO2. The molecule has 0 saturated carbocycles. The minimum atomic E-state index is -1.06. The van der Waals surface area contributed by atoms with E-state index < -0.39 is 5.60 Å². The van der Waals surface area contributed by atoms with Gasteiger partial charge in [0, 0.05) is 29.5 Å². The van der Waals surface area contributed by atoms with Crippen LogP contribution in [-0.4, -0.2) is 24.2 Å². The highest BCUT2D eigenvalue weighted by atomic mass is 16.5. The highest BCUT2D eigenvalue weighted by molar-refractivity contribution is 5.42. The van der Waals surface area contributed by atoms with Crippen LogP contribution in [0.3, 0.4) is 0 Å². The van der Waals surface area contributed by atoms with E-state index >= 15 is 0 Å². The summed E-state index contributed by atoms with van der Waals surface area (Å²) in [4.78, 5) is 2.43. The lowest BCUT2D eigenvalue weighted by Crippen LogP contribution is -2.56. The van der Waals surface area contributed by atoms with Gasteiger partial charge >= 0.3 is 0 Å². The number of likely N-dealkylation sites (tertiary alicyclic amines) is 1. The number of methoxy groups -OCH3 is 1. The van der Waals surface area contributed by atoms with Gasteiger partial charge in [0.05, 0.1) is 7.11 Å². The highest BCUT2D eigenvalue weighted by Crippen LogP contribution is 2.57. The Hall–Kier alpha value is -2.62. The van der Waals surface area contributed by atoms with Crippen molar-refractivity contribution in [1.29, 1.82) is 0 Å². The second-order valence-electron chi connectivity index (χ2n) is 8.48. The van der Waals surface area contributed by atoms with E-state index in [0.717, 1.165) is 11.3 Å². The third-order valence-corrected chi connectivity index (χ3v) is 7.03. The number of nitrogens with zero attached hydrogens (tertiary/aromatic N) is 1. The van der Waals surface area contributed by atoms with Gasteiger partial charge in [-0.3, -0.25) is 4.90 Å². The molecule has 3 heteroatoms. The summed E-state index contributed by atoms with van der Waals surface area (Å²) in [5.41, 5.74) is 2.24. The van der Waals surface area contributed by atoms with Crippen LogP contribution in [0.5, 0.6) is 5.75 Å². The summed E-state index contributed by atoms with van der Waals surface area (Å²) >= 11 is 0. The van der Waals surface area contributed by atoms with E-state index in [1.807, 2.05) is 36.4 Å². The second kappa shape index (κ2) is 8.25. The van der Waals surface area contributed by atoms with Gasteiger partial charge in [-0.05, 0) is 24.2 Å². The largest absolute Gasteiger partial charge is 0.496 e. The summed E-state index contributed by atoms with van der Waals surface area (Å²) in [7, 11) is 3.86. The summed E-state index contributed by atoms with van der Waals surface area (Å²) in [6.07, 6.45) is 0. The van der Waals surface area contributed by atoms with Crippen molar-refractivity contribution in [1.82, 2.24) is 4.90 Å². The van der Waals surface area contributed by atoms with Crippen molar-refractivity contribution in [3.63, 3.8) is 0 Å². The molecule has 0 aliphatic carbocycles. The molecule has 1 N–H and O–H groups in total. The molecule has 3 aromatic rings. The lowest BCUT2D eigenvalue weighted by Gasteiger charge is -2.56. The molecule has 30 heavy (non-hydrogen) atoms. The molecule has 0 bridgehead atoms. The van der Waals surface area contributed by atoms with Gasteiger partial charge in [0.2, 0.25) is 0 Å². The van der Waals surface area contributed by atoms with Crippen LogP contribution in [0.1, 0.15) is 42.6 Å². The molecule has 1 aliphatic rings. The molecule has 0 radical (unpaired) electrons. The molecule has 1 saturated heterocycles. The predicted molar refractivity (Wildman–Crippen MR) is 121 cm³/mol. The molecule has 4 atom stereocenters. The molecule has 1 aliphatic heterocycles. The third-order valence-electron chi connectivity index (χ3n) is 7.03. The number of hydrogen-bond acceptors (Lipinski definition) is 3. The zero-order chi connectivity index (χ0) is 21.3. The van der Waals surface area contributed by atoms with Crippen LogP contribution in [0.25, 0.3) is 0 Å².